The number of hydrogen-bond acceptors (Lipinski definition) is 7. The number of halogens is 4. The number of hydrogen-bond donors (Lipinski definition) is 3. The van der Waals surface area contributed by atoms with Gasteiger partial charge in [0.15, 0.2) is 0 Å². The molecule has 0 saturated heterocycles. The summed E-state index contributed by atoms with van der Waals surface area (Å²) in [5.41, 5.74) is 7.11. The number of anilines is 3. The summed E-state index contributed by atoms with van der Waals surface area (Å²) in [4.78, 5) is 12.7. The van der Waals surface area contributed by atoms with E-state index in [4.69, 9.17) is 5.73 Å². The minimum atomic E-state index is -4.59. The minimum absolute atomic E-state index is 0.179. The Kier molecular flexibility index (Phi) is 6.62. The van der Waals surface area contributed by atoms with E-state index in [1.165, 1.54) is 18.3 Å². The number of ether oxygens (including phenoxy) is 1. The SMILES string of the molecule is NCCNc1cc(-c2ccnc(Nc3cccc(OC(F)(F)C(F)F)c3)n2)ccn1. The molecule has 0 aliphatic rings. The summed E-state index contributed by atoms with van der Waals surface area (Å²) < 4.78 is 55.0. The molecular weight excluding hydrogens is 404 g/mol. The summed E-state index contributed by atoms with van der Waals surface area (Å²) in [6.45, 7) is 1.02. The van der Waals surface area contributed by atoms with Crippen molar-refractivity contribution in [2.24, 2.45) is 5.73 Å². The molecule has 0 atom stereocenters. The first-order chi connectivity index (χ1) is 14.4. The van der Waals surface area contributed by atoms with Gasteiger partial charge < -0.3 is 21.1 Å². The van der Waals surface area contributed by atoms with Crippen LogP contribution >= 0.6 is 0 Å². The number of nitrogens with one attached hydrogen (secondary N) is 2. The molecule has 3 rings (SSSR count). The highest BCUT2D eigenvalue weighted by Gasteiger charge is 2.43. The molecule has 2 heterocycles. The van der Waals surface area contributed by atoms with Crippen molar-refractivity contribution in [3.05, 3.63) is 54.9 Å². The van der Waals surface area contributed by atoms with Crippen LogP contribution in [0.2, 0.25) is 0 Å². The monoisotopic (exact) mass is 422 g/mol. The van der Waals surface area contributed by atoms with Crippen molar-refractivity contribution in [1.82, 2.24) is 15.0 Å². The molecule has 4 N–H and O–H groups in total. The summed E-state index contributed by atoms with van der Waals surface area (Å²) in [5, 5.41) is 5.90. The first kappa shape index (κ1) is 21.2. The topological polar surface area (TPSA) is 98.0 Å². The van der Waals surface area contributed by atoms with Gasteiger partial charge in [-0.2, -0.15) is 17.6 Å². The van der Waals surface area contributed by atoms with Crippen LogP contribution < -0.4 is 21.1 Å². The number of pyridine rings is 1. The van der Waals surface area contributed by atoms with Gasteiger partial charge in [0.05, 0.1) is 5.69 Å². The van der Waals surface area contributed by atoms with Gasteiger partial charge in [-0.3, -0.25) is 0 Å². The number of rotatable bonds is 9. The lowest BCUT2D eigenvalue weighted by Gasteiger charge is -2.17. The van der Waals surface area contributed by atoms with Gasteiger partial charge in [-0.15, -0.1) is 0 Å². The summed E-state index contributed by atoms with van der Waals surface area (Å²) in [5.74, 6) is 0.389. The van der Waals surface area contributed by atoms with E-state index in [1.807, 2.05) is 0 Å². The van der Waals surface area contributed by atoms with E-state index >= 15 is 0 Å². The highest BCUT2D eigenvalue weighted by molar-refractivity contribution is 5.65. The second-order valence-electron chi connectivity index (χ2n) is 6.03. The Labute approximate surface area is 169 Å². The molecule has 3 aromatic rings. The van der Waals surface area contributed by atoms with E-state index < -0.39 is 18.3 Å². The third-order valence-corrected chi connectivity index (χ3v) is 3.76. The smallest absolute Gasteiger partial charge is 0.428 e. The lowest BCUT2D eigenvalue weighted by atomic mass is 10.2. The van der Waals surface area contributed by atoms with Crippen LogP contribution in [0.15, 0.2) is 54.9 Å². The fourth-order valence-corrected chi connectivity index (χ4v) is 2.43. The molecule has 0 unspecified atom stereocenters. The standard InChI is InChI=1S/C19H18F4N6O/c20-17(21)19(22,23)30-14-3-1-2-13(11-14)28-18-27-8-5-15(29-18)12-4-7-25-16(10-12)26-9-6-24/h1-5,7-8,10-11,17H,6,9,24H2,(H,25,26)(H,27,28,29). The molecule has 0 radical (unpaired) electrons. The number of nitrogens with zero attached hydrogens (tertiary/aromatic N) is 3. The maximum Gasteiger partial charge on any atom is 0.461 e. The van der Waals surface area contributed by atoms with Gasteiger partial charge in [0.25, 0.3) is 0 Å². The first-order valence-corrected chi connectivity index (χ1v) is 8.83. The molecule has 0 saturated carbocycles. The minimum Gasteiger partial charge on any atom is -0.428 e. The third-order valence-electron chi connectivity index (χ3n) is 3.76. The Bertz CT molecular complexity index is 988. The molecule has 158 valence electrons. The second-order valence-corrected chi connectivity index (χ2v) is 6.03. The van der Waals surface area contributed by atoms with E-state index in [1.54, 1.807) is 24.4 Å². The van der Waals surface area contributed by atoms with Crippen LogP contribution in [-0.4, -0.2) is 40.6 Å². The molecule has 0 amide bonds. The average molecular weight is 422 g/mol. The summed E-state index contributed by atoms with van der Waals surface area (Å²) in [6, 6.07) is 10.4. The Balaban J connectivity index is 1.77. The van der Waals surface area contributed by atoms with E-state index in [0.717, 1.165) is 17.7 Å². The molecule has 30 heavy (non-hydrogen) atoms. The van der Waals surface area contributed by atoms with Crippen LogP contribution in [0.4, 0.5) is 35.0 Å². The lowest BCUT2D eigenvalue weighted by molar-refractivity contribution is -0.253. The second kappa shape index (κ2) is 9.35. The molecule has 0 aliphatic heterocycles. The molecule has 2 aromatic heterocycles. The quantitative estimate of drug-likeness (QED) is 0.450. The van der Waals surface area contributed by atoms with Gasteiger partial charge in [-0.25, -0.2) is 15.0 Å². The summed E-state index contributed by atoms with van der Waals surface area (Å²) >= 11 is 0. The van der Waals surface area contributed by atoms with Crippen LogP contribution in [0.25, 0.3) is 11.3 Å². The summed E-state index contributed by atoms with van der Waals surface area (Å²) in [7, 11) is 0. The van der Waals surface area contributed by atoms with Gasteiger partial charge in [0.1, 0.15) is 11.6 Å². The molecule has 11 heteroatoms. The highest BCUT2D eigenvalue weighted by atomic mass is 19.3. The van der Waals surface area contributed by atoms with Crippen molar-refractivity contribution in [2.45, 2.75) is 12.5 Å². The predicted molar refractivity (Wildman–Crippen MR) is 104 cm³/mol. The fourth-order valence-electron chi connectivity index (χ4n) is 2.43. The van der Waals surface area contributed by atoms with E-state index in [0.29, 0.717) is 24.6 Å². The van der Waals surface area contributed by atoms with Crippen LogP contribution in [0.5, 0.6) is 5.75 Å². The van der Waals surface area contributed by atoms with Crippen molar-refractivity contribution in [3.8, 4) is 17.0 Å². The molecule has 0 fully saturated rings. The molecule has 1 aromatic carbocycles. The van der Waals surface area contributed by atoms with Gasteiger partial charge in [0.2, 0.25) is 5.95 Å². The Morgan fingerprint density at radius 1 is 1.07 bits per heavy atom. The highest BCUT2D eigenvalue weighted by Crippen LogP contribution is 2.29. The average Bonchev–Trinajstić information content (AvgIpc) is 2.72. The Morgan fingerprint density at radius 2 is 1.87 bits per heavy atom. The van der Waals surface area contributed by atoms with Crippen LogP contribution in [0, 0.1) is 0 Å². The predicted octanol–water partition coefficient (Wildman–Crippen LogP) is 3.89. The Morgan fingerprint density at radius 3 is 2.63 bits per heavy atom. The maximum absolute atomic E-state index is 13.1. The van der Waals surface area contributed by atoms with Crippen molar-refractivity contribution in [3.63, 3.8) is 0 Å². The maximum atomic E-state index is 13.1. The number of nitrogens with two attached hydrogens (primary N) is 1. The first-order valence-electron chi connectivity index (χ1n) is 8.83. The molecule has 7 nitrogen and oxygen atoms in total. The van der Waals surface area contributed by atoms with Crippen LogP contribution in [0.1, 0.15) is 0 Å². The van der Waals surface area contributed by atoms with Gasteiger partial charge in [0, 0.05) is 42.8 Å². The zero-order valence-corrected chi connectivity index (χ0v) is 15.5. The third kappa shape index (κ3) is 5.54. The Hall–Kier alpha value is -3.47. The normalized spacial score (nSPS) is 11.4. The van der Waals surface area contributed by atoms with Crippen molar-refractivity contribution in [1.29, 1.82) is 0 Å². The van der Waals surface area contributed by atoms with Crippen molar-refractivity contribution in [2.75, 3.05) is 23.7 Å². The van der Waals surface area contributed by atoms with Crippen molar-refractivity contribution >= 4 is 17.5 Å². The number of aromatic nitrogens is 3. The van der Waals surface area contributed by atoms with Gasteiger partial charge >= 0.3 is 12.5 Å². The molecule has 0 bridgehead atoms. The zero-order chi connectivity index (χ0) is 21.6. The van der Waals surface area contributed by atoms with Crippen LogP contribution in [0.3, 0.4) is 0 Å². The largest absolute Gasteiger partial charge is 0.461 e. The summed E-state index contributed by atoms with van der Waals surface area (Å²) in [6.07, 6.45) is -5.40. The van der Waals surface area contributed by atoms with E-state index in [9.17, 15) is 17.6 Å². The van der Waals surface area contributed by atoms with Crippen molar-refractivity contribution < 1.29 is 22.3 Å². The van der Waals surface area contributed by atoms with Crippen LogP contribution in [-0.2, 0) is 0 Å². The van der Waals surface area contributed by atoms with E-state index in [2.05, 4.69) is 30.3 Å². The molecular formula is C19H18F4N6O. The number of benzene rings is 1. The van der Waals surface area contributed by atoms with E-state index in [-0.39, 0.29) is 11.6 Å². The zero-order valence-electron chi connectivity index (χ0n) is 15.5. The fraction of sp³-hybridized carbons (Fsp3) is 0.211. The van der Waals surface area contributed by atoms with Gasteiger partial charge in [-0.1, -0.05) is 6.07 Å². The number of alkyl halides is 4. The molecule has 0 spiro atoms. The lowest BCUT2D eigenvalue weighted by Crippen LogP contribution is -2.33. The molecule has 0 aliphatic carbocycles. The van der Waals surface area contributed by atoms with Gasteiger partial charge in [-0.05, 0) is 30.3 Å².